The van der Waals surface area contributed by atoms with Crippen LogP contribution in [0.15, 0.2) is 18.2 Å². The molecule has 1 saturated carbocycles. The molecule has 0 amide bonds. The molecule has 0 unspecified atom stereocenters. The lowest BCUT2D eigenvalue weighted by Crippen LogP contribution is -2.32. The standard InChI is InChI=1S/C13H18N2O4/c14-12(13(17)8-3-1-2-4-8)10-7-9(15(18)19)5-6-11(10)16/h5-8,12-13,16-17H,1-4,14H2/t12-,13+/m1/s1. The van der Waals surface area contributed by atoms with Gasteiger partial charge in [0.05, 0.1) is 17.1 Å². The van der Waals surface area contributed by atoms with Crippen LogP contribution in [-0.2, 0) is 0 Å². The van der Waals surface area contributed by atoms with E-state index in [1.54, 1.807) is 0 Å². The van der Waals surface area contributed by atoms with Gasteiger partial charge in [-0.25, -0.2) is 0 Å². The number of phenols is 1. The van der Waals surface area contributed by atoms with Crippen LogP contribution in [0.25, 0.3) is 0 Å². The summed E-state index contributed by atoms with van der Waals surface area (Å²) in [6.07, 6.45) is 3.16. The van der Waals surface area contributed by atoms with Crippen molar-refractivity contribution in [2.75, 3.05) is 0 Å². The zero-order valence-electron chi connectivity index (χ0n) is 10.5. The molecule has 1 aliphatic rings. The van der Waals surface area contributed by atoms with E-state index in [-0.39, 0.29) is 22.9 Å². The van der Waals surface area contributed by atoms with Gasteiger partial charge >= 0.3 is 0 Å². The van der Waals surface area contributed by atoms with E-state index >= 15 is 0 Å². The molecule has 1 aromatic carbocycles. The zero-order valence-corrected chi connectivity index (χ0v) is 10.5. The summed E-state index contributed by atoms with van der Waals surface area (Å²) in [7, 11) is 0. The van der Waals surface area contributed by atoms with Gasteiger partial charge in [0.2, 0.25) is 0 Å². The highest BCUT2D eigenvalue weighted by Gasteiger charge is 2.30. The Hall–Kier alpha value is -1.66. The van der Waals surface area contributed by atoms with Crippen LogP contribution in [0.4, 0.5) is 5.69 Å². The number of hydrogen-bond acceptors (Lipinski definition) is 5. The monoisotopic (exact) mass is 266 g/mol. The Bertz CT molecular complexity index is 472. The zero-order chi connectivity index (χ0) is 14.0. The third-order valence-corrected chi connectivity index (χ3v) is 3.83. The van der Waals surface area contributed by atoms with E-state index in [1.165, 1.54) is 18.2 Å². The summed E-state index contributed by atoms with van der Waals surface area (Å²) < 4.78 is 0. The highest BCUT2D eigenvalue weighted by molar-refractivity contribution is 5.45. The van der Waals surface area contributed by atoms with Crippen LogP contribution in [0.1, 0.15) is 37.3 Å². The summed E-state index contributed by atoms with van der Waals surface area (Å²) in [6, 6.07) is 2.89. The highest BCUT2D eigenvalue weighted by atomic mass is 16.6. The Balaban J connectivity index is 2.24. The van der Waals surface area contributed by atoms with E-state index in [1.807, 2.05) is 0 Å². The van der Waals surface area contributed by atoms with Crippen molar-refractivity contribution in [1.29, 1.82) is 0 Å². The molecule has 2 rings (SSSR count). The van der Waals surface area contributed by atoms with Gasteiger partial charge in [0.1, 0.15) is 5.75 Å². The molecule has 6 nitrogen and oxygen atoms in total. The SMILES string of the molecule is N[C@H](c1cc([N+](=O)[O-])ccc1O)[C@@H](O)C1CCCC1. The Morgan fingerprint density at radius 3 is 2.58 bits per heavy atom. The third-order valence-electron chi connectivity index (χ3n) is 3.83. The third kappa shape index (κ3) is 2.85. The lowest BCUT2D eigenvalue weighted by Gasteiger charge is -2.25. The minimum absolute atomic E-state index is 0.105. The van der Waals surface area contributed by atoms with Crippen LogP contribution < -0.4 is 5.73 Å². The van der Waals surface area contributed by atoms with E-state index in [4.69, 9.17) is 5.73 Å². The van der Waals surface area contributed by atoms with Crippen LogP contribution in [0.3, 0.4) is 0 Å². The lowest BCUT2D eigenvalue weighted by atomic mass is 9.90. The van der Waals surface area contributed by atoms with Crippen molar-refractivity contribution in [1.82, 2.24) is 0 Å². The van der Waals surface area contributed by atoms with Crippen molar-refractivity contribution < 1.29 is 15.1 Å². The fraction of sp³-hybridized carbons (Fsp3) is 0.538. The average molecular weight is 266 g/mol. The van der Waals surface area contributed by atoms with Gasteiger partial charge in [-0.2, -0.15) is 0 Å². The molecule has 0 radical (unpaired) electrons. The molecule has 2 atom stereocenters. The maximum absolute atomic E-state index is 10.7. The molecule has 4 N–H and O–H groups in total. The first-order valence-corrected chi connectivity index (χ1v) is 6.41. The predicted molar refractivity (Wildman–Crippen MR) is 69.7 cm³/mol. The number of nitrogens with two attached hydrogens (primary N) is 1. The number of aliphatic hydroxyl groups excluding tert-OH is 1. The van der Waals surface area contributed by atoms with Crippen molar-refractivity contribution in [2.45, 2.75) is 37.8 Å². The quantitative estimate of drug-likeness (QED) is 0.569. The molecular weight excluding hydrogens is 248 g/mol. The first-order valence-electron chi connectivity index (χ1n) is 6.41. The van der Waals surface area contributed by atoms with Gasteiger partial charge in [-0.1, -0.05) is 12.8 Å². The normalized spacial score (nSPS) is 19.3. The highest BCUT2D eigenvalue weighted by Crippen LogP contribution is 2.36. The predicted octanol–water partition coefficient (Wildman–Crippen LogP) is 1.85. The van der Waals surface area contributed by atoms with Crippen LogP contribution in [-0.4, -0.2) is 21.2 Å². The molecule has 0 spiro atoms. The maximum Gasteiger partial charge on any atom is 0.270 e. The molecule has 1 aliphatic carbocycles. The molecule has 1 fully saturated rings. The van der Waals surface area contributed by atoms with E-state index in [0.717, 1.165) is 25.7 Å². The Kier molecular flexibility index (Phi) is 4.01. The van der Waals surface area contributed by atoms with Gasteiger partial charge in [0, 0.05) is 17.7 Å². The second kappa shape index (κ2) is 5.54. The number of non-ortho nitro benzene ring substituents is 1. The van der Waals surface area contributed by atoms with Crippen LogP contribution in [0.2, 0.25) is 0 Å². The van der Waals surface area contributed by atoms with Gasteiger partial charge in [-0.3, -0.25) is 10.1 Å². The number of aliphatic hydroxyl groups is 1. The summed E-state index contributed by atoms with van der Waals surface area (Å²) in [4.78, 5) is 10.2. The Labute approximate surface area is 111 Å². The van der Waals surface area contributed by atoms with E-state index in [2.05, 4.69) is 0 Å². The lowest BCUT2D eigenvalue weighted by molar-refractivity contribution is -0.385. The van der Waals surface area contributed by atoms with Crippen molar-refractivity contribution in [2.24, 2.45) is 11.7 Å². The number of aromatic hydroxyl groups is 1. The number of phenolic OH excluding ortho intramolecular Hbond substituents is 1. The average Bonchev–Trinajstić information content (AvgIpc) is 2.91. The second-order valence-electron chi connectivity index (χ2n) is 5.06. The van der Waals surface area contributed by atoms with Gasteiger partial charge < -0.3 is 15.9 Å². The number of rotatable bonds is 4. The second-order valence-corrected chi connectivity index (χ2v) is 5.06. The fourth-order valence-corrected chi connectivity index (χ4v) is 2.70. The van der Waals surface area contributed by atoms with Gasteiger partial charge in [-0.15, -0.1) is 0 Å². The molecule has 6 heteroatoms. The number of nitro groups is 1. The minimum Gasteiger partial charge on any atom is -0.508 e. The van der Waals surface area contributed by atoms with Gasteiger partial charge in [0.25, 0.3) is 5.69 Å². The number of nitro benzene ring substituents is 1. The number of benzene rings is 1. The summed E-state index contributed by atoms with van der Waals surface area (Å²) in [5, 5.41) is 30.7. The summed E-state index contributed by atoms with van der Waals surface area (Å²) in [5.74, 6) is -0.0104. The number of hydrogen-bond donors (Lipinski definition) is 3. The largest absolute Gasteiger partial charge is 0.508 e. The molecule has 0 aliphatic heterocycles. The molecule has 19 heavy (non-hydrogen) atoms. The molecule has 104 valence electrons. The Morgan fingerprint density at radius 1 is 1.37 bits per heavy atom. The van der Waals surface area contributed by atoms with E-state index < -0.39 is 17.1 Å². The van der Waals surface area contributed by atoms with Crippen molar-refractivity contribution in [3.05, 3.63) is 33.9 Å². The Morgan fingerprint density at radius 2 is 2.00 bits per heavy atom. The van der Waals surface area contributed by atoms with Gasteiger partial charge in [-0.05, 0) is 24.8 Å². The molecule has 0 saturated heterocycles. The summed E-state index contributed by atoms with van der Waals surface area (Å²) in [5.41, 5.74) is 6.05. The molecule has 0 heterocycles. The van der Waals surface area contributed by atoms with E-state index in [9.17, 15) is 20.3 Å². The maximum atomic E-state index is 10.7. The van der Waals surface area contributed by atoms with Crippen molar-refractivity contribution in [3.8, 4) is 5.75 Å². The van der Waals surface area contributed by atoms with Crippen molar-refractivity contribution in [3.63, 3.8) is 0 Å². The minimum atomic E-state index is -0.803. The molecular formula is C13H18N2O4. The van der Waals surface area contributed by atoms with Crippen molar-refractivity contribution >= 4 is 5.69 Å². The van der Waals surface area contributed by atoms with Crippen LogP contribution in [0, 0.1) is 16.0 Å². The number of nitrogens with zero attached hydrogens (tertiary/aromatic N) is 1. The van der Waals surface area contributed by atoms with E-state index in [0.29, 0.717) is 0 Å². The summed E-state index contributed by atoms with van der Waals surface area (Å²) >= 11 is 0. The van der Waals surface area contributed by atoms with Crippen LogP contribution in [0.5, 0.6) is 5.75 Å². The molecule has 0 bridgehead atoms. The first-order chi connectivity index (χ1) is 9.00. The van der Waals surface area contributed by atoms with Gasteiger partial charge in [0.15, 0.2) is 0 Å². The van der Waals surface area contributed by atoms with Crippen LogP contribution >= 0.6 is 0 Å². The fourth-order valence-electron chi connectivity index (χ4n) is 2.70. The smallest absolute Gasteiger partial charge is 0.270 e. The first kappa shape index (κ1) is 13.8. The topological polar surface area (TPSA) is 110 Å². The molecule has 1 aromatic rings. The molecule has 0 aromatic heterocycles. The summed E-state index contributed by atoms with van der Waals surface area (Å²) in [6.45, 7) is 0.